The van der Waals surface area contributed by atoms with Gasteiger partial charge >= 0.3 is 0 Å². The summed E-state index contributed by atoms with van der Waals surface area (Å²) in [5.41, 5.74) is 6.82. The number of ether oxygens (including phenoxy) is 1. The van der Waals surface area contributed by atoms with Crippen LogP contribution in [0.1, 0.15) is 28.4 Å². The molecule has 2 aliphatic rings. The van der Waals surface area contributed by atoms with E-state index in [2.05, 4.69) is 27.0 Å². The van der Waals surface area contributed by atoms with E-state index in [4.69, 9.17) is 9.72 Å². The number of H-pyrrole nitrogens is 1. The summed E-state index contributed by atoms with van der Waals surface area (Å²) >= 11 is 0. The van der Waals surface area contributed by atoms with Crippen LogP contribution in [-0.4, -0.2) is 21.6 Å². The lowest BCUT2D eigenvalue weighted by Gasteiger charge is -2.27. The SMILES string of the molecule is O=c1c2c([nH]c3ccccc13)C(c1ccc3c(c1)CCO3)N(c1ccc(-c3ccccn3)cn1)C2. The largest absolute Gasteiger partial charge is 0.493 e. The van der Waals surface area contributed by atoms with Gasteiger partial charge in [0.05, 0.1) is 30.6 Å². The second-order valence-corrected chi connectivity index (χ2v) is 9.01. The van der Waals surface area contributed by atoms with Gasteiger partial charge in [-0.3, -0.25) is 9.78 Å². The van der Waals surface area contributed by atoms with Gasteiger partial charge in [-0.25, -0.2) is 4.98 Å². The summed E-state index contributed by atoms with van der Waals surface area (Å²) in [6, 6.07) is 23.8. The van der Waals surface area contributed by atoms with Crippen LogP contribution in [0.2, 0.25) is 0 Å². The molecule has 3 aromatic heterocycles. The minimum Gasteiger partial charge on any atom is -0.493 e. The first kappa shape index (κ1) is 20.0. The Labute approximate surface area is 201 Å². The second kappa shape index (κ2) is 7.81. The number of aromatic amines is 1. The standard InChI is InChI=1S/C29H22N4O2/c34-29-21-5-1-2-7-24(21)32-27-22(29)17-33(28(27)19-8-10-25-18(15-19)12-14-35-25)26-11-9-20(16-31-26)23-6-3-4-13-30-23/h1-11,13,15-16,28H,12,14,17H2,(H,32,34). The quantitative estimate of drug-likeness (QED) is 0.411. The molecule has 0 spiro atoms. The molecule has 0 radical (unpaired) electrons. The summed E-state index contributed by atoms with van der Waals surface area (Å²) in [4.78, 5) is 28.6. The predicted octanol–water partition coefficient (Wildman–Crippen LogP) is 5.03. The zero-order valence-corrected chi connectivity index (χ0v) is 18.9. The molecule has 5 aromatic rings. The van der Waals surface area contributed by atoms with E-state index < -0.39 is 0 Å². The Balaban J connectivity index is 1.37. The van der Waals surface area contributed by atoms with Crippen LogP contribution in [-0.2, 0) is 13.0 Å². The summed E-state index contributed by atoms with van der Waals surface area (Å²) in [7, 11) is 0. The van der Waals surface area contributed by atoms with Crippen molar-refractivity contribution in [3.05, 3.63) is 118 Å². The molecule has 0 aliphatic carbocycles. The van der Waals surface area contributed by atoms with Crippen molar-refractivity contribution in [2.75, 3.05) is 11.5 Å². The molecule has 0 saturated carbocycles. The van der Waals surface area contributed by atoms with Gasteiger partial charge in [-0.05, 0) is 59.7 Å². The summed E-state index contributed by atoms with van der Waals surface area (Å²) < 4.78 is 5.74. The van der Waals surface area contributed by atoms with Crippen LogP contribution in [0.3, 0.4) is 0 Å². The van der Waals surface area contributed by atoms with Gasteiger partial charge in [-0.15, -0.1) is 0 Å². The van der Waals surface area contributed by atoms with Gasteiger partial charge < -0.3 is 14.6 Å². The molecule has 0 saturated heterocycles. The molecular formula is C29H22N4O2. The highest BCUT2D eigenvalue weighted by Crippen LogP contribution is 2.41. The number of nitrogens with zero attached hydrogens (tertiary/aromatic N) is 3. The molecule has 6 heteroatoms. The third-order valence-electron chi connectivity index (χ3n) is 6.99. The average molecular weight is 459 g/mol. The zero-order valence-electron chi connectivity index (χ0n) is 18.9. The van der Waals surface area contributed by atoms with Gasteiger partial charge in [-0.2, -0.15) is 0 Å². The highest BCUT2D eigenvalue weighted by molar-refractivity contribution is 5.80. The first-order chi connectivity index (χ1) is 17.3. The number of aromatic nitrogens is 3. The number of hydrogen-bond acceptors (Lipinski definition) is 5. The van der Waals surface area contributed by atoms with Crippen molar-refractivity contribution < 1.29 is 4.74 Å². The topological polar surface area (TPSA) is 71.1 Å². The molecule has 2 aromatic carbocycles. The van der Waals surface area contributed by atoms with Crippen molar-refractivity contribution >= 4 is 16.7 Å². The number of rotatable bonds is 3. The number of pyridine rings is 3. The average Bonchev–Trinajstić information content (AvgIpc) is 3.54. The summed E-state index contributed by atoms with van der Waals surface area (Å²) in [5, 5.41) is 0.715. The Hall–Kier alpha value is -4.45. The molecule has 0 amide bonds. The first-order valence-electron chi connectivity index (χ1n) is 11.8. The van der Waals surface area contributed by atoms with E-state index in [1.54, 1.807) is 6.20 Å². The molecule has 0 fully saturated rings. The fraction of sp³-hybridized carbons (Fsp3) is 0.138. The van der Waals surface area contributed by atoms with E-state index in [-0.39, 0.29) is 11.5 Å². The summed E-state index contributed by atoms with van der Waals surface area (Å²) in [6.45, 7) is 1.20. The van der Waals surface area contributed by atoms with Crippen molar-refractivity contribution in [1.82, 2.24) is 15.0 Å². The molecule has 1 N–H and O–H groups in total. The Morgan fingerprint density at radius 1 is 0.971 bits per heavy atom. The molecule has 0 bridgehead atoms. The first-order valence-corrected chi connectivity index (χ1v) is 11.8. The molecule has 7 rings (SSSR count). The monoisotopic (exact) mass is 458 g/mol. The van der Waals surface area contributed by atoms with Crippen molar-refractivity contribution in [3.8, 4) is 17.0 Å². The molecule has 6 nitrogen and oxygen atoms in total. The van der Waals surface area contributed by atoms with E-state index in [1.807, 2.05) is 66.9 Å². The number of para-hydroxylation sites is 1. The van der Waals surface area contributed by atoms with Crippen LogP contribution >= 0.6 is 0 Å². The Bertz CT molecular complexity index is 1630. The molecule has 5 heterocycles. The summed E-state index contributed by atoms with van der Waals surface area (Å²) in [6.07, 6.45) is 4.53. The Kier molecular flexibility index (Phi) is 4.45. The number of anilines is 1. The van der Waals surface area contributed by atoms with Crippen LogP contribution in [0.5, 0.6) is 5.75 Å². The van der Waals surface area contributed by atoms with Gasteiger partial charge in [0.1, 0.15) is 11.6 Å². The molecular weight excluding hydrogens is 436 g/mol. The van der Waals surface area contributed by atoms with E-state index in [1.165, 1.54) is 5.56 Å². The Morgan fingerprint density at radius 2 is 1.89 bits per heavy atom. The maximum Gasteiger partial charge on any atom is 0.194 e. The smallest absolute Gasteiger partial charge is 0.194 e. The minimum absolute atomic E-state index is 0.0800. The molecule has 35 heavy (non-hydrogen) atoms. The van der Waals surface area contributed by atoms with E-state index >= 15 is 0 Å². The Morgan fingerprint density at radius 3 is 2.74 bits per heavy atom. The van der Waals surface area contributed by atoms with Crippen molar-refractivity contribution in [3.63, 3.8) is 0 Å². The summed E-state index contributed by atoms with van der Waals surface area (Å²) in [5.74, 6) is 1.77. The van der Waals surface area contributed by atoms with Crippen molar-refractivity contribution in [2.24, 2.45) is 0 Å². The molecule has 2 aliphatic heterocycles. The fourth-order valence-corrected chi connectivity index (χ4v) is 5.28. The predicted molar refractivity (Wildman–Crippen MR) is 136 cm³/mol. The zero-order chi connectivity index (χ0) is 23.4. The van der Waals surface area contributed by atoms with Gasteiger partial charge in [-0.1, -0.05) is 24.3 Å². The number of benzene rings is 2. The lowest BCUT2D eigenvalue weighted by atomic mass is 9.98. The number of fused-ring (bicyclic) bond motifs is 3. The van der Waals surface area contributed by atoms with Crippen LogP contribution < -0.4 is 15.1 Å². The van der Waals surface area contributed by atoms with Crippen molar-refractivity contribution in [1.29, 1.82) is 0 Å². The highest BCUT2D eigenvalue weighted by atomic mass is 16.5. The van der Waals surface area contributed by atoms with Gasteiger partial charge in [0.15, 0.2) is 5.43 Å². The van der Waals surface area contributed by atoms with Crippen LogP contribution in [0.15, 0.2) is 90.0 Å². The lowest BCUT2D eigenvalue weighted by molar-refractivity contribution is 0.357. The fourth-order valence-electron chi connectivity index (χ4n) is 5.28. The lowest BCUT2D eigenvalue weighted by Crippen LogP contribution is -2.24. The highest BCUT2D eigenvalue weighted by Gasteiger charge is 2.36. The number of nitrogens with one attached hydrogen (secondary N) is 1. The third-order valence-corrected chi connectivity index (χ3v) is 6.99. The minimum atomic E-state index is -0.151. The molecule has 1 atom stereocenters. The number of hydrogen-bond donors (Lipinski definition) is 1. The molecule has 1 unspecified atom stereocenters. The van der Waals surface area contributed by atoms with Gasteiger partial charge in [0.2, 0.25) is 0 Å². The third kappa shape index (κ3) is 3.21. The normalized spacial score (nSPS) is 16.2. The van der Waals surface area contributed by atoms with Gasteiger partial charge in [0.25, 0.3) is 0 Å². The maximum atomic E-state index is 13.5. The maximum absolute atomic E-state index is 13.5. The second-order valence-electron chi connectivity index (χ2n) is 9.01. The van der Waals surface area contributed by atoms with Gasteiger partial charge in [0, 0.05) is 40.8 Å². The molecule has 170 valence electrons. The van der Waals surface area contributed by atoms with Crippen LogP contribution in [0.25, 0.3) is 22.2 Å². The van der Waals surface area contributed by atoms with Crippen LogP contribution in [0.4, 0.5) is 5.82 Å². The van der Waals surface area contributed by atoms with E-state index in [0.29, 0.717) is 18.5 Å². The van der Waals surface area contributed by atoms with Crippen molar-refractivity contribution in [2.45, 2.75) is 19.0 Å². The van der Waals surface area contributed by atoms with E-state index in [9.17, 15) is 4.79 Å². The van der Waals surface area contributed by atoms with Crippen LogP contribution in [0, 0.1) is 0 Å². The van der Waals surface area contributed by atoms with E-state index in [0.717, 1.165) is 51.6 Å².